The van der Waals surface area contributed by atoms with Crippen molar-refractivity contribution in [3.63, 3.8) is 0 Å². The van der Waals surface area contributed by atoms with Crippen LogP contribution >= 0.6 is 0 Å². The Labute approximate surface area is 346 Å². The standard InChI is InChI=1S/C40H68O18S/c1-18(2)20(11-14-54-36-34(30(46)23(43)16-55-36)57-37-33(53-6)29(45)22(42)17-56-37)8-7-19(3)26-31(47)32(48)35-39(26,5)13-10-25-38(4)12-9-21(41)28(44)27(38)24(15-40(25,35)49)58-59(50,51)52/h7-8,18-37,41-49H,9-17H2,1-6H3,(H,50,51,52)/b8-7+/t19-,20-,21+,22-,23-,24+,25?,26+,27?,28+,29+,30+,31-,32-,33-,34-,35?,36-,37+,38-,39-,40+/m1/s1. The molecule has 2 saturated heterocycles. The molecule has 0 aromatic carbocycles. The van der Waals surface area contributed by atoms with Crippen molar-refractivity contribution in [2.45, 2.75) is 158 Å². The summed E-state index contributed by atoms with van der Waals surface area (Å²) >= 11 is 0. The van der Waals surface area contributed by atoms with E-state index in [0.717, 1.165) is 0 Å². The number of methoxy groups -OCH3 is 1. The number of ether oxygens (including phenoxy) is 5. The molecule has 2 heterocycles. The van der Waals surface area contributed by atoms with E-state index in [0.29, 0.717) is 25.7 Å². The monoisotopic (exact) mass is 868 g/mol. The lowest BCUT2D eigenvalue weighted by Crippen LogP contribution is -2.71. The van der Waals surface area contributed by atoms with Gasteiger partial charge in [-0.3, -0.25) is 4.55 Å². The van der Waals surface area contributed by atoms with Crippen LogP contribution in [0.5, 0.6) is 0 Å². The topological polar surface area (TPSA) is 292 Å². The average Bonchev–Trinajstić information content (AvgIpc) is 3.35. The van der Waals surface area contributed by atoms with E-state index < -0.39 is 130 Å². The van der Waals surface area contributed by atoms with E-state index in [-0.39, 0.29) is 50.4 Å². The van der Waals surface area contributed by atoms with Gasteiger partial charge in [0.1, 0.15) is 36.6 Å². The highest BCUT2D eigenvalue weighted by molar-refractivity contribution is 7.80. The van der Waals surface area contributed by atoms with E-state index in [9.17, 15) is 58.9 Å². The number of fused-ring (bicyclic) bond motifs is 5. The molecule has 342 valence electrons. The van der Waals surface area contributed by atoms with E-state index in [2.05, 4.69) is 0 Å². The lowest BCUT2D eigenvalue weighted by Gasteiger charge is -2.66. The van der Waals surface area contributed by atoms with Crippen molar-refractivity contribution in [1.82, 2.24) is 0 Å². The van der Waals surface area contributed by atoms with Gasteiger partial charge in [-0.2, -0.15) is 8.42 Å². The predicted octanol–water partition coefficient (Wildman–Crippen LogP) is -0.741. The van der Waals surface area contributed by atoms with Crippen molar-refractivity contribution in [3.8, 4) is 0 Å². The van der Waals surface area contributed by atoms with Crippen molar-refractivity contribution >= 4 is 10.4 Å². The van der Waals surface area contributed by atoms with Crippen molar-refractivity contribution in [3.05, 3.63) is 12.2 Å². The molecule has 6 fully saturated rings. The first-order chi connectivity index (χ1) is 27.5. The Balaban J connectivity index is 1.16. The molecule has 6 rings (SSSR count). The minimum Gasteiger partial charge on any atom is -0.390 e. The fourth-order valence-electron chi connectivity index (χ4n) is 12.5. The number of aliphatic hydroxyl groups is 9. The van der Waals surface area contributed by atoms with Crippen LogP contribution in [0.4, 0.5) is 0 Å². The SMILES string of the molecule is CO[C@H]1[C@H](O[C@H]2[C@H](OCC[C@@H](/C=C/[C@@H](C)[C@H]3[C@@H](O)[C@@H](O)C4[C@]5(O)C[C@H](OS(=O)(=O)O)C6[C@@H](O)[C@@H](O)CC[C@]6(C)C5CC[C@@]43C)C(C)C)OC[C@@H](O)[C@@H]2O)OC[C@@H](O)[C@@H]1O. The van der Waals surface area contributed by atoms with Crippen LogP contribution in [0.25, 0.3) is 0 Å². The summed E-state index contributed by atoms with van der Waals surface area (Å²) in [5, 5.41) is 99.9. The second-order valence-electron chi connectivity index (χ2n) is 19.1. The predicted molar refractivity (Wildman–Crippen MR) is 205 cm³/mol. The molecule has 18 nitrogen and oxygen atoms in total. The Bertz CT molecular complexity index is 1570. The molecule has 10 N–H and O–H groups in total. The third kappa shape index (κ3) is 8.81. The van der Waals surface area contributed by atoms with Crippen LogP contribution < -0.4 is 0 Å². The zero-order valence-corrected chi connectivity index (χ0v) is 35.5. The molecule has 0 aromatic heterocycles. The van der Waals surface area contributed by atoms with Gasteiger partial charge in [-0.25, -0.2) is 4.18 Å². The zero-order chi connectivity index (χ0) is 43.6. The summed E-state index contributed by atoms with van der Waals surface area (Å²) in [6, 6.07) is 0. The van der Waals surface area contributed by atoms with Gasteiger partial charge in [0, 0.05) is 25.4 Å². The van der Waals surface area contributed by atoms with E-state index in [4.69, 9.17) is 27.9 Å². The number of hydrogen-bond acceptors (Lipinski definition) is 17. The molecule has 2 aliphatic heterocycles. The van der Waals surface area contributed by atoms with Gasteiger partial charge < -0.3 is 69.6 Å². The Morgan fingerprint density at radius 2 is 1.39 bits per heavy atom. The van der Waals surface area contributed by atoms with Gasteiger partial charge in [-0.15, -0.1) is 0 Å². The summed E-state index contributed by atoms with van der Waals surface area (Å²) in [7, 11) is -3.73. The highest BCUT2D eigenvalue weighted by Gasteiger charge is 2.74. The molecule has 0 spiro atoms. The Morgan fingerprint density at radius 1 is 0.780 bits per heavy atom. The number of rotatable bonds is 13. The Morgan fingerprint density at radius 3 is 2.00 bits per heavy atom. The van der Waals surface area contributed by atoms with Crippen LogP contribution in [0.15, 0.2) is 12.2 Å². The molecule has 0 radical (unpaired) electrons. The summed E-state index contributed by atoms with van der Waals surface area (Å²) < 4.78 is 67.7. The normalized spacial score (nSPS) is 50.3. The van der Waals surface area contributed by atoms with Gasteiger partial charge in [0.25, 0.3) is 0 Å². The van der Waals surface area contributed by atoms with Crippen molar-refractivity contribution in [2.75, 3.05) is 26.9 Å². The first-order valence-corrected chi connectivity index (χ1v) is 22.4. The van der Waals surface area contributed by atoms with Crippen LogP contribution in [-0.2, 0) is 38.3 Å². The van der Waals surface area contributed by atoms with Crippen LogP contribution in [0, 0.1) is 52.3 Å². The van der Waals surface area contributed by atoms with E-state index in [1.807, 2.05) is 46.8 Å². The van der Waals surface area contributed by atoms with Crippen LogP contribution in [-0.4, -0.2) is 171 Å². The summed E-state index contributed by atoms with van der Waals surface area (Å²) in [5.74, 6) is -3.17. The van der Waals surface area contributed by atoms with Gasteiger partial charge >= 0.3 is 10.4 Å². The molecule has 0 aromatic rings. The van der Waals surface area contributed by atoms with E-state index in [1.54, 1.807) is 0 Å². The summed E-state index contributed by atoms with van der Waals surface area (Å²) in [6.07, 6.45) is -10.8. The first kappa shape index (κ1) is 47.5. The Kier molecular flexibility index (Phi) is 14.4. The average molecular weight is 869 g/mol. The van der Waals surface area contributed by atoms with Crippen molar-refractivity contribution in [2.24, 2.45) is 52.3 Å². The van der Waals surface area contributed by atoms with E-state index in [1.165, 1.54) is 7.11 Å². The quantitative estimate of drug-likeness (QED) is 0.0806. The third-order valence-corrected chi connectivity index (χ3v) is 15.8. The highest BCUT2D eigenvalue weighted by atomic mass is 32.3. The molecular formula is C40H68O18S. The van der Waals surface area contributed by atoms with Crippen LogP contribution in [0.3, 0.4) is 0 Å². The maximum atomic E-state index is 12.8. The van der Waals surface area contributed by atoms with Gasteiger partial charge in [0.15, 0.2) is 12.6 Å². The maximum absolute atomic E-state index is 12.8. The third-order valence-electron chi connectivity index (χ3n) is 15.4. The molecule has 59 heavy (non-hydrogen) atoms. The zero-order valence-electron chi connectivity index (χ0n) is 34.7. The van der Waals surface area contributed by atoms with Gasteiger partial charge in [-0.05, 0) is 72.5 Å². The number of allylic oxidation sites excluding steroid dienone is 2. The van der Waals surface area contributed by atoms with Crippen LogP contribution in [0.1, 0.15) is 73.1 Å². The summed E-state index contributed by atoms with van der Waals surface area (Å²) in [6.45, 7) is 9.47. The maximum Gasteiger partial charge on any atom is 0.397 e. The second kappa shape index (κ2) is 17.9. The molecule has 4 saturated carbocycles. The second-order valence-corrected chi connectivity index (χ2v) is 20.1. The Hall–Kier alpha value is -0.950. The highest BCUT2D eigenvalue weighted by Crippen LogP contribution is 2.70. The largest absolute Gasteiger partial charge is 0.397 e. The van der Waals surface area contributed by atoms with Gasteiger partial charge in [-0.1, -0.05) is 46.8 Å². The van der Waals surface area contributed by atoms with E-state index >= 15 is 0 Å². The molecule has 6 aliphatic rings. The smallest absolute Gasteiger partial charge is 0.390 e. The van der Waals surface area contributed by atoms with Gasteiger partial charge in [0.05, 0.1) is 55.9 Å². The molecule has 22 atom stereocenters. The summed E-state index contributed by atoms with van der Waals surface area (Å²) in [4.78, 5) is 0. The fourth-order valence-corrected chi connectivity index (χ4v) is 13.0. The minimum atomic E-state index is -5.04. The first-order valence-electron chi connectivity index (χ1n) is 21.0. The molecule has 4 aliphatic carbocycles. The van der Waals surface area contributed by atoms with Gasteiger partial charge in [0.2, 0.25) is 0 Å². The lowest BCUT2D eigenvalue weighted by molar-refractivity contribution is -0.345. The van der Waals surface area contributed by atoms with Crippen molar-refractivity contribution in [1.29, 1.82) is 0 Å². The molecule has 19 heteroatoms. The van der Waals surface area contributed by atoms with Crippen molar-refractivity contribution < 1.29 is 86.8 Å². The molecule has 3 unspecified atom stereocenters. The fraction of sp³-hybridized carbons (Fsp3) is 0.950. The summed E-state index contributed by atoms with van der Waals surface area (Å²) in [5.41, 5.74) is -3.52. The molecule has 0 bridgehead atoms. The van der Waals surface area contributed by atoms with Crippen LogP contribution in [0.2, 0.25) is 0 Å². The number of hydrogen-bond donors (Lipinski definition) is 10. The molecular weight excluding hydrogens is 800 g/mol. The lowest BCUT2D eigenvalue weighted by atomic mass is 9.41. The minimum absolute atomic E-state index is 0.0549. The number of aliphatic hydroxyl groups excluding tert-OH is 8. The molecule has 0 amide bonds.